The molecular formula is C11H17NO2. The molecule has 0 aliphatic carbocycles. The lowest BCUT2D eigenvalue weighted by atomic mass is 10.0. The highest BCUT2D eigenvalue weighted by Crippen LogP contribution is 2.17. The SMILES string of the molecule is CC(Oc1ccccc1)C(C)(O)CN. The minimum Gasteiger partial charge on any atom is -0.488 e. The molecule has 78 valence electrons. The van der Waals surface area contributed by atoms with E-state index in [9.17, 15) is 5.11 Å². The Morgan fingerprint density at radius 2 is 2.00 bits per heavy atom. The summed E-state index contributed by atoms with van der Waals surface area (Å²) >= 11 is 0. The van der Waals surface area contributed by atoms with Crippen LogP contribution in [0.3, 0.4) is 0 Å². The third-order valence-electron chi connectivity index (χ3n) is 2.35. The van der Waals surface area contributed by atoms with Crippen LogP contribution in [0.1, 0.15) is 13.8 Å². The van der Waals surface area contributed by atoms with Gasteiger partial charge in [0.15, 0.2) is 0 Å². The molecule has 1 aromatic rings. The van der Waals surface area contributed by atoms with Crippen LogP contribution in [-0.4, -0.2) is 23.4 Å². The Morgan fingerprint density at radius 3 is 2.50 bits per heavy atom. The van der Waals surface area contributed by atoms with Crippen LogP contribution in [-0.2, 0) is 0 Å². The second-order valence-electron chi connectivity index (χ2n) is 3.63. The topological polar surface area (TPSA) is 55.5 Å². The molecule has 3 nitrogen and oxygen atoms in total. The van der Waals surface area contributed by atoms with Crippen molar-refractivity contribution in [3.63, 3.8) is 0 Å². The minimum absolute atomic E-state index is 0.182. The smallest absolute Gasteiger partial charge is 0.125 e. The molecule has 1 rings (SSSR count). The maximum Gasteiger partial charge on any atom is 0.125 e. The van der Waals surface area contributed by atoms with E-state index in [1.54, 1.807) is 13.8 Å². The number of nitrogens with two attached hydrogens (primary N) is 1. The van der Waals surface area contributed by atoms with Gasteiger partial charge in [0.1, 0.15) is 17.5 Å². The Kier molecular flexibility index (Phi) is 3.49. The number of ether oxygens (including phenoxy) is 1. The van der Waals surface area contributed by atoms with E-state index < -0.39 is 5.60 Å². The van der Waals surface area contributed by atoms with Gasteiger partial charge >= 0.3 is 0 Å². The lowest BCUT2D eigenvalue weighted by molar-refractivity contribution is -0.0316. The summed E-state index contributed by atoms with van der Waals surface area (Å²) in [7, 11) is 0. The fourth-order valence-electron chi connectivity index (χ4n) is 0.996. The average Bonchev–Trinajstić information content (AvgIpc) is 2.19. The molecule has 0 aromatic heterocycles. The van der Waals surface area contributed by atoms with Crippen molar-refractivity contribution in [2.45, 2.75) is 25.6 Å². The Hall–Kier alpha value is -1.06. The van der Waals surface area contributed by atoms with Gasteiger partial charge in [0.05, 0.1) is 0 Å². The van der Waals surface area contributed by atoms with Crippen LogP contribution in [0, 0.1) is 0 Å². The largest absolute Gasteiger partial charge is 0.488 e. The van der Waals surface area contributed by atoms with E-state index in [0.717, 1.165) is 5.75 Å². The van der Waals surface area contributed by atoms with Crippen molar-refractivity contribution in [3.05, 3.63) is 30.3 Å². The predicted molar refractivity (Wildman–Crippen MR) is 56.2 cm³/mol. The molecule has 0 saturated heterocycles. The van der Waals surface area contributed by atoms with E-state index in [0.29, 0.717) is 0 Å². The average molecular weight is 195 g/mol. The fourth-order valence-corrected chi connectivity index (χ4v) is 0.996. The molecule has 0 saturated carbocycles. The van der Waals surface area contributed by atoms with E-state index in [1.807, 2.05) is 30.3 Å². The van der Waals surface area contributed by atoms with Gasteiger partial charge in [-0.05, 0) is 26.0 Å². The van der Waals surface area contributed by atoms with Gasteiger partial charge in [-0.3, -0.25) is 0 Å². The molecule has 0 spiro atoms. The highest BCUT2D eigenvalue weighted by Gasteiger charge is 2.28. The summed E-state index contributed by atoms with van der Waals surface area (Å²) in [6.45, 7) is 3.65. The molecule has 2 atom stereocenters. The number of para-hydroxylation sites is 1. The highest BCUT2D eigenvalue weighted by atomic mass is 16.5. The molecule has 0 bridgehead atoms. The summed E-state index contributed by atoms with van der Waals surface area (Å²) in [6.07, 6.45) is -0.324. The van der Waals surface area contributed by atoms with Gasteiger partial charge in [-0.2, -0.15) is 0 Å². The number of rotatable bonds is 4. The van der Waals surface area contributed by atoms with E-state index in [4.69, 9.17) is 10.5 Å². The molecule has 3 N–H and O–H groups in total. The maximum atomic E-state index is 9.80. The Labute approximate surface area is 84.5 Å². The Morgan fingerprint density at radius 1 is 1.43 bits per heavy atom. The van der Waals surface area contributed by atoms with Gasteiger partial charge in [0, 0.05) is 6.54 Å². The molecule has 3 heteroatoms. The summed E-state index contributed by atoms with van der Waals surface area (Å²) in [5.41, 5.74) is 4.44. The molecule has 2 unspecified atom stereocenters. The number of hydrogen-bond donors (Lipinski definition) is 2. The van der Waals surface area contributed by atoms with Gasteiger partial charge < -0.3 is 15.6 Å². The predicted octanol–water partition coefficient (Wildman–Crippen LogP) is 1.16. The molecule has 14 heavy (non-hydrogen) atoms. The van der Waals surface area contributed by atoms with Crippen LogP contribution in [0.4, 0.5) is 0 Å². The number of hydrogen-bond acceptors (Lipinski definition) is 3. The van der Waals surface area contributed by atoms with Crippen molar-refractivity contribution >= 4 is 0 Å². The first kappa shape index (κ1) is 11.0. The van der Waals surface area contributed by atoms with Crippen LogP contribution in [0.2, 0.25) is 0 Å². The molecule has 0 radical (unpaired) electrons. The van der Waals surface area contributed by atoms with Crippen LogP contribution < -0.4 is 10.5 Å². The monoisotopic (exact) mass is 195 g/mol. The van der Waals surface area contributed by atoms with Crippen molar-refractivity contribution in [1.82, 2.24) is 0 Å². The van der Waals surface area contributed by atoms with E-state index in [-0.39, 0.29) is 12.6 Å². The lowest BCUT2D eigenvalue weighted by Crippen LogP contribution is -2.47. The zero-order chi connectivity index (χ0) is 10.6. The van der Waals surface area contributed by atoms with E-state index in [1.165, 1.54) is 0 Å². The molecule has 0 fully saturated rings. The molecule has 0 aliphatic heterocycles. The van der Waals surface area contributed by atoms with Crippen LogP contribution in [0.5, 0.6) is 5.75 Å². The normalized spacial score (nSPS) is 17.1. The number of aliphatic hydroxyl groups is 1. The van der Waals surface area contributed by atoms with Gasteiger partial charge in [-0.25, -0.2) is 0 Å². The van der Waals surface area contributed by atoms with Crippen molar-refractivity contribution in [2.24, 2.45) is 5.73 Å². The molecular weight excluding hydrogens is 178 g/mol. The first-order valence-corrected chi connectivity index (χ1v) is 4.70. The Balaban J connectivity index is 2.62. The van der Waals surface area contributed by atoms with Crippen LogP contribution >= 0.6 is 0 Å². The third kappa shape index (κ3) is 2.72. The fraction of sp³-hybridized carbons (Fsp3) is 0.455. The summed E-state index contributed by atoms with van der Waals surface area (Å²) in [5.74, 6) is 0.744. The van der Waals surface area contributed by atoms with E-state index >= 15 is 0 Å². The van der Waals surface area contributed by atoms with Crippen molar-refractivity contribution < 1.29 is 9.84 Å². The summed E-state index contributed by atoms with van der Waals surface area (Å²) in [5, 5.41) is 9.80. The summed E-state index contributed by atoms with van der Waals surface area (Å²) in [6, 6.07) is 9.39. The van der Waals surface area contributed by atoms with Crippen LogP contribution in [0.25, 0.3) is 0 Å². The molecule has 1 aromatic carbocycles. The first-order chi connectivity index (χ1) is 6.56. The zero-order valence-electron chi connectivity index (χ0n) is 8.60. The van der Waals surface area contributed by atoms with E-state index in [2.05, 4.69) is 0 Å². The van der Waals surface area contributed by atoms with Crippen molar-refractivity contribution in [2.75, 3.05) is 6.54 Å². The highest BCUT2D eigenvalue weighted by molar-refractivity contribution is 5.21. The van der Waals surface area contributed by atoms with Crippen molar-refractivity contribution in [1.29, 1.82) is 0 Å². The molecule has 0 heterocycles. The third-order valence-corrected chi connectivity index (χ3v) is 2.35. The van der Waals surface area contributed by atoms with Gasteiger partial charge in [-0.15, -0.1) is 0 Å². The zero-order valence-corrected chi connectivity index (χ0v) is 8.60. The van der Waals surface area contributed by atoms with Gasteiger partial charge in [-0.1, -0.05) is 18.2 Å². The Bertz CT molecular complexity index is 272. The number of benzene rings is 1. The summed E-state index contributed by atoms with van der Waals surface area (Å²) in [4.78, 5) is 0. The van der Waals surface area contributed by atoms with Gasteiger partial charge in [0.2, 0.25) is 0 Å². The quantitative estimate of drug-likeness (QED) is 0.758. The molecule has 0 aliphatic rings. The first-order valence-electron chi connectivity index (χ1n) is 4.70. The second-order valence-corrected chi connectivity index (χ2v) is 3.63. The van der Waals surface area contributed by atoms with Gasteiger partial charge in [0.25, 0.3) is 0 Å². The maximum absolute atomic E-state index is 9.80. The standard InChI is InChI=1S/C11H17NO2/c1-9(11(2,13)8-12)14-10-6-4-3-5-7-10/h3-7,9,13H,8,12H2,1-2H3. The minimum atomic E-state index is -0.990. The second kappa shape index (κ2) is 4.44. The van der Waals surface area contributed by atoms with Crippen molar-refractivity contribution in [3.8, 4) is 5.75 Å². The molecule has 0 amide bonds. The van der Waals surface area contributed by atoms with Crippen LogP contribution in [0.15, 0.2) is 30.3 Å². The summed E-state index contributed by atoms with van der Waals surface area (Å²) < 4.78 is 5.54. The lowest BCUT2D eigenvalue weighted by Gasteiger charge is -2.29.